The second-order valence-electron chi connectivity index (χ2n) is 4.47. The van der Waals surface area contributed by atoms with Crippen LogP contribution in [0.1, 0.15) is 12.0 Å². The Morgan fingerprint density at radius 2 is 2.16 bits per heavy atom. The van der Waals surface area contributed by atoms with E-state index in [0.29, 0.717) is 26.2 Å². The first-order valence-corrected chi connectivity index (χ1v) is 6.47. The van der Waals surface area contributed by atoms with E-state index in [1.165, 1.54) is 0 Å². The summed E-state index contributed by atoms with van der Waals surface area (Å²) >= 11 is 0. The van der Waals surface area contributed by atoms with Crippen molar-refractivity contribution in [3.63, 3.8) is 0 Å². The summed E-state index contributed by atoms with van der Waals surface area (Å²) in [4.78, 5) is 13.6. The van der Waals surface area contributed by atoms with Crippen LogP contribution >= 0.6 is 0 Å². The van der Waals surface area contributed by atoms with Crippen molar-refractivity contribution in [2.24, 2.45) is 0 Å². The Bertz CT molecular complexity index is 396. The average Bonchev–Trinajstić information content (AvgIpc) is 2.71. The summed E-state index contributed by atoms with van der Waals surface area (Å²) in [7, 11) is 0. The van der Waals surface area contributed by atoms with Gasteiger partial charge in [-0.3, -0.25) is 0 Å². The van der Waals surface area contributed by atoms with Gasteiger partial charge in [0.25, 0.3) is 0 Å². The van der Waals surface area contributed by atoms with Crippen LogP contribution in [0, 0.1) is 0 Å². The van der Waals surface area contributed by atoms with Crippen molar-refractivity contribution in [1.29, 1.82) is 0 Å². The molecular weight excluding hydrogens is 246 g/mol. The number of rotatable bonds is 3. The molecule has 1 amide bonds. The van der Waals surface area contributed by atoms with E-state index >= 15 is 0 Å². The van der Waals surface area contributed by atoms with E-state index in [4.69, 9.17) is 9.47 Å². The number of nitrogens with zero attached hydrogens (tertiary/aromatic N) is 1. The van der Waals surface area contributed by atoms with Gasteiger partial charge in [0.1, 0.15) is 6.61 Å². The number of amides is 1. The Hall–Kier alpha value is -1.59. The van der Waals surface area contributed by atoms with Crippen LogP contribution in [0.15, 0.2) is 30.3 Å². The molecule has 5 heteroatoms. The third-order valence-electron chi connectivity index (χ3n) is 3.16. The molecule has 1 aromatic carbocycles. The molecule has 0 aromatic heterocycles. The first-order chi connectivity index (χ1) is 9.31. The smallest absolute Gasteiger partial charge is 0.410 e. The zero-order valence-electron chi connectivity index (χ0n) is 10.8. The number of hydrogen-bond acceptors (Lipinski definition) is 4. The van der Waals surface area contributed by atoms with Crippen molar-refractivity contribution in [2.45, 2.75) is 19.1 Å². The molecule has 0 radical (unpaired) electrons. The number of aliphatic hydroxyl groups excluding tert-OH is 1. The summed E-state index contributed by atoms with van der Waals surface area (Å²) < 4.78 is 10.6. The number of carbonyl (C=O) groups is 1. The molecule has 1 unspecified atom stereocenters. The lowest BCUT2D eigenvalue weighted by Gasteiger charge is -2.26. The summed E-state index contributed by atoms with van der Waals surface area (Å²) in [6.45, 7) is 1.68. The van der Waals surface area contributed by atoms with Gasteiger partial charge in [-0.1, -0.05) is 30.3 Å². The fraction of sp³-hybridized carbons (Fsp3) is 0.500. The SMILES string of the molecule is O=C(OCc1ccccc1)N1CCOCCC1CO. The lowest BCUT2D eigenvalue weighted by molar-refractivity contribution is 0.0657. The second-order valence-corrected chi connectivity index (χ2v) is 4.47. The van der Waals surface area contributed by atoms with Gasteiger partial charge < -0.3 is 19.5 Å². The van der Waals surface area contributed by atoms with Gasteiger partial charge in [0.2, 0.25) is 0 Å². The number of aliphatic hydroxyl groups is 1. The largest absolute Gasteiger partial charge is 0.445 e. The van der Waals surface area contributed by atoms with Crippen LogP contribution in [0.5, 0.6) is 0 Å². The summed E-state index contributed by atoms with van der Waals surface area (Å²) in [5, 5.41) is 9.32. The first kappa shape index (κ1) is 13.8. The Balaban J connectivity index is 1.90. The van der Waals surface area contributed by atoms with Crippen LogP contribution in [0.3, 0.4) is 0 Å². The topological polar surface area (TPSA) is 59.0 Å². The van der Waals surface area contributed by atoms with Gasteiger partial charge in [-0.25, -0.2) is 4.79 Å². The van der Waals surface area contributed by atoms with Gasteiger partial charge in [-0.2, -0.15) is 0 Å². The molecule has 1 aliphatic rings. The molecule has 1 N–H and O–H groups in total. The van der Waals surface area contributed by atoms with Gasteiger partial charge >= 0.3 is 6.09 Å². The number of ether oxygens (including phenoxy) is 2. The van der Waals surface area contributed by atoms with Crippen molar-refractivity contribution in [3.8, 4) is 0 Å². The van der Waals surface area contributed by atoms with E-state index in [1.807, 2.05) is 30.3 Å². The molecule has 1 heterocycles. The fourth-order valence-corrected chi connectivity index (χ4v) is 2.06. The molecule has 0 bridgehead atoms. The predicted molar refractivity (Wildman–Crippen MR) is 69.6 cm³/mol. The molecular formula is C14H19NO4. The van der Waals surface area contributed by atoms with Gasteiger partial charge in [0.15, 0.2) is 0 Å². The van der Waals surface area contributed by atoms with Gasteiger partial charge in [-0.05, 0) is 12.0 Å². The normalized spacial score (nSPS) is 19.8. The molecule has 1 aliphatic heterocycles. The van der Waals surface area contributed by atoms with Crippen LogP contribution in [-0.4, -0.2) is 48.5 Å². The molecule has 1 aromatic rings. The average molecular weight is 265 g/mol. The van der Waals surface area contributed by atoms with E-state index in [9.17, 15) is 9.90 Å². The third-order valence-corrected chi connectivity index (χ3v) is 3.16. The third kappa shape index (κ3) is 3.94. The molecule has 104 valence electrons. The standard InChI is InChI=1S/C14H19NO4/c16-10-13-6-8-18-9-7-15(13)14(17)19-11-12-4-2-1-3-5-12/h1-5,13,16H,6-11H2. The predicted octanol–water partition coefficient (Wildman–Crippen LogP) is 1.41. The zero-order chi connectivity index (χ0) is 13.5. The second kappa shape index (κ2) is 7.11. The van der Waals surface area contributed by atoms with Crippen LogP contribution in [0.4, 0.5) is 4.79 Å². The van der Waals surface area contributed by atoms with E-state index in [1.54, 1.807) is 4.90 Å². The van der Waals surface area contributed by atoms with Gasteiger partial charge in [-0.15, -0.1) is 0 Å². The van der Waals surface area contributed by atoms with Crippen LogP contribution in [-0.2, 0) is 16.1 Å². The lowest BCUT2D eigenvalue weighted by Crippen LogP contribution is -2.43. The van der Waals surface area contributed by atoms with Crippen molar-refractivity contribution < 1.29 is 19.4 Å². The molecule has 0 saturated carbocycles. The van der Waals surface area contributed by atoms with E-state index in [-0.39, 0.29) is 19.3 Å². The van der Waals surface area contributed by atoms with Gasteiger partial charge in [0.05, 0.1) is 19.3 Å². The molecule has 0 aliphatic carbocycles. The number of hydrogen-bond donors (Lipinski definition) is 1. The van der Waals surface area contributed by atoms with E-state index in [2.05, 4.69) is 0 Å². The van der Waals surface area contributed by atoms with Gasteiger partial charge in [0, 0.05) is 13.2 Å². The highest BCUT2D eigenvalue weighted by atomic mass is 16.6. The van der Waals surface area contributed by atoms with Crippen molar-refractivity contribution >= 4 is 6.09 Å². The monoisotopic (exact) mass is 265 g/mol. The number of carbonyl (C=O) groups excluding carboxylic acids is 1. The maximum Gasteiger partial charge on any atom is 0.410 e. The molecule has 1 atom stereocenters. The Labute approximate surface area is 112 Å². The molecule has 0 spiro atoms. The molecule has 1 saturated heterocycles. The van der Waals surface area contributed by atoms with E-state index in [0.717, 1.165) is 5.56 Å². The maximum absolute atomic E-state index is 12.0. The van der Waals surface area contributed by atoms with Crippen molar-refractivity contribution in [2.75, 3.05) is 26.4 Å². The molecule has 2 rings (SSSR count). The number of benzene rings is 1. The molecule has 5 nitrogen and oxygen atoms in total. The summed E-state index contributed by atoms with van der Waals surface area (Å²) in [5.41, 5.74) is 0.947. The Morgan fingerprint density at radius 1 is 1.37 bits per heavy atom. The molecule has 1 fully saturated rings. The van der Waals surface area contributed by atoms with Crippen molar-refractivity contribution in [3.05, 3.63) is 35.9 Å². The Morgan fingerprint density at radius 3 is 2.89 bits per heavy atom. The summed E-state index contributed by atoms with van der Waals surface area (Å²) in [5.74, 6) is 0. The highest BCUT2D eigenvalue weighted by molar-refractivity contribution is 5.68. The van der Waals surface area contributed by atoms with Crippen LogP contribution in [0.25, 0.3) is 0 Å². The quantitative estimate of drug-likeness (QED) is 0.897. The lowest BCUT2D eigenvalue weighted by atomic mass is 10.2. The Kier molecular flexibility index (Phi) is 5.18. The molecule has 19 heavy (non-hydrogen) atoms. The van der Waals surface area contributed by atoms with Crippen LogP contribution in [0.2, 0.25) is 0 Å². The highest BCUT2D eigenvalue weighted by Gasteiger charge is 2.26. The zero-order valence-corrected chi connectivity index (χ0v) is 10.8. The minimum Gasteiger partial charge on any atom is -0.445 e. The minimum atomic E-state index is -0.395. The summed E-state index contributed by atoms with van der Waals surface area (Å²) in [6.07, 6.45) is 0.241. The highest BCUT2D eigenvalue weighted by Crippen LogP contribution is 2.11. The van der Waals surface area contributed by atoms with Crippen molar-refractivity contribution in [1.82, 2.24) is 4.90 Å². The van der Waals surface area contributed by atoms with Crippen LogP contribution < -0.4 is 0 Å². The van der Waals surface area contributed by atoms with E-state index < -0.39 is 6.09 Å². The first-order valence-electron chi connectivity index (χ1n) is 6.47. The summed E-state index contributed by atoms with van der Waals surface area (Å²) in [6, 6.07) is 9.31. The maximum atomic E-state index is 12.0. The fourth-order valence-electron chi connectivity index (χ4n) is 2.06. The minimum absolute atomic E-state index is 0.0657.